The molecule has 0 spiro atoms. The minimum Gasteiger partial charge on any atom is -0.373 e. The third kappa shape index (κ3) is 3.85. The van der Waals surface area contributed by atoms with Crippen LogP contribution in [0.15, 0.2) is 30.6 Å². The Balaban J connectivity index is 1.55. The molecule has 1 fully saturated rings. The zero-order valence-electron chi connectivity index (χ0n) is 18.5. The Hall–Kier alpha value is -2.62. The molecule has 2 aromatic heterocycles. The summed E-state index contributed by atoms with van der Waals surface area (Å²) in [6.07, 6.45) is 0.679. The van der Waals surface area contributed by atoms with Gasteiger partial charge in [0.2, 0.25) is 5.60 Å². The standard InChI is InChI=1S/C24H24ClF3N4O2/c1-23(34,24(26,27)28)22(33)32-6-4-13-7-14(8-16(18(13)12-32)20-3-2-5-29-20)15-9-17-19(25)11-31-21(17)30-10-15/h7-11,20,29,34H,2-6,12H2,1H3,(H,30,31). The second kappa shape index (κ2) is 8.25. The third-order valence-corrected chi connectivity index (χ3v) is 7.19. The quantitative estimate of drug-likeness (QED) is 0.502. The maximum Gasteiger partial charge on any atom is 0.426 e. The van der Waals surface area contributed by atoms with Gasteiger partial charge >= 0.3 is 6.18 Å². The van der Waals surface area contributed by atoms with Gasteiger partial charge in [-0.05, 0) is 67.1 Å². The summed E-state index contributed by atoms with van der Waals surface area (Å²) in [5, 5.41) is 14.8. The molecule has 34 heavy (non-hydrogen) atoms. The number of aliphatic hydroxyl groups is 1. The van der Waals surface area contributed by atoms with E-state index < -0.39 is 17.7 Å². The Morgan fingerprint density at radius 1 is 1.26 bits per heavy atom. The number of aromatic amines is 1. The minimum atomic E-state index is -5.05. The number of amides is 1. The van der Waals surface area contributed by atoms with Crippen LogP contribution in [0.1, 0.15) is 42.5 Å². The predicted octanol–water partition coefficient (Wildman–Crippen LogP) is 4.51. The van der Waals surface area contributed by atoms with Crippen molar-refractivity contribution in [2.24, 2.45) is 0 Å². The van der Waals surface area contributed by atoms with E-state index in [-0.39, 0.29) is 19.1 Å². The molecular weight excluding hydrogens is 469 g/mol. The largest absolute Gasteiger partial charge is 0.426 e. The predicted molar refractivity (Wildman–Crippen MR) is 122 cm³/mol. The SMILES string of the molecule is CC(O)(C(=O)N1CCc2cc(-c3cnc4[nH]cc(Cl)c4c3)cc(C3CCCN3)c2C1)C(F)(F)F. The maximum atomic E-state index is 13.3. The Kier molecular flexibility index (Phi) is 5.61. The molecule has 4 heterocycles. The molecule has 0 saturated carbocycles. The van der Waals surface area contributed by atoms with E-state index in [1.54, 1.807) is 12.4 Å². The van der Waals surface area contributed by atoms with Crippen molar-refractivity contribution in [2.75, 3.05) is 13.1 Å². The van der Waals surface area contributed by atoms with E-state index in [9.17, 15) is 23.1 Å². The lowest BCUT2D eigenvalue weighted by Crippen LogP contribution is -2.56. The average molecular weight is 493 g/mol. The van der Waals surface area contributed by atoms with Crippen LogP contribution in [0.2, 0.25) is 5.02 Å². The van der Waals surface area contributed by atoms with E-state index in [1.165, 1.54) is 0 Å². The van der Waals surface area contributed by atoms with E-state index in [1.807, 2.05) is 18.2 Å². The Labute approximate surface area is 199 Å². The first-order valence-electron chi connectivity index (χ1n) is 11.2. The number of rotatable bonds is 3. The van der Waals surface area contributed by atoms with Crippen LogP contribution in [0.25, 0.3) is 22.2 Å². The molecular formula is C24H24ClF3N4O2. The number of hydrogen-bond acceptors (Lipinski definition) is 4. The first-order chi connectivity index (χ1) is 16.1. The van der Waals surface area contributed by atoms with Gasteiger partial charge in [-0.1, -0.05) is 17.7 Å². The Morgan fingerprint density at radius 3 is 2.76 bits per heavy atom. The number of pyridine rings is 1. The van der Waals surface area contributed by atoms with Crippen molar-refractivity contribution in [3.05, 3.63) is 52.3 Å². The van der Waals surface area contributed by atoms with Crippen molar-refractivity contribution < 1.29 is 23.1 Å². The number of nitrogens with zero attached hydrogens (tertiary/aromatic N) is 2. The van der Waals surface area contributed by atoms with Crippen molar-refractivity contribution in [1.29, 1.82) is 0 Å². The fourth-order valence-electron chi connectivity index (χ4n) is 4.86. The van der Waals surface area contributed by atoms with Gasteiger partial charge in [0.1, 0.15) is 5.65 Å². The highest BCUT2D eigenvalue weighted by molar-refractivity contribution is 6.35. The van der Waals surface area contributed by atoms with Crippen LogP contribution in [0.5, 0.6) is 0 Å². The fraction of sp³-hybridized carbons (Fsp3) is 0.417. The van der Waals surface area contributed by atoms with Crippen LogP contribution in [-0.4, -0.2) is 50.7 Å². The van der Waals surface area contributed by atoms with Gasteiger partial charge in [-0.25, -0.2) is 4.98 Å². The molecule has 1 amide bonds. The molecule has 0 bridgehead atoms. The molecule has 3 aromatic rings. The fourth-order valence-corrected chi connectivity index (χ4v) is 5.06. The summed E-state index contributed by atoms with van der Waals surface area (Å²) in [6.45, 7) is 1.49. The first kappa shape index (κ1) is 23.1. The van der Waals surface area contributed by atoms with Crippen molar-refractivity contribution >= 4 is 28.5 Å². The van der Waals surface area contributed by atoms with Crippen LogP contribution in [0.4, 0.5) is 13.2 Å². The number of aromatic nitrogens is 2. The van der Waals surface area contributed by atoms with E-state index in [0.717, 1.165) is 57.5 Å². The minimum absolute atomic E-state index is 0.0229. The van der Waals surface area contributed by atoms with Crippen molar-refractivity contribution in [2.45, 2.75) is 50.6 Å². The monoisotopic (exact) mass is 492 g/mol. The third-order valence-electron chi connectivity index (χ3n) is 6.88. The molecule has 1 aromatic carbocycles. The highest BCUT2D eigenvalue weighted by Gasteiger charge is 2.57. The Bertz CT molecular complexity index is 1270. The van der Waals surface area contributed by atoms with Crippen LogP contribution >= 0.6 is 11.6 Å². The van der Waals surface area contributed by atoms with Crippen molar-refractivity contribution in [3.8, 4) is 11.1 Å². The van der Waals surface area contributed by atoms with Crippen LogP contribution < -0.4 is 5.32 Å². The van der Waals surface area contributed by atoms with E-state index >= 15 is 0 Å². The number of alkyl halides is 3. The number of hydrogen-bond donors (Lipinski definition) is 3. The van der Waals surface area contributed by atoms with Crippen LogP contribution in [0.3, 0.4) is 0 Å². The number of fused-ring (bicyclic) bond motifs is 2. The molecule has 2 aliphatic heterocycles. The molecule has 0 radical (unpaired) electrons. The molecule has 1 saturated heterocycles. The second-order valence-electron chi connectivity index (χ2n) is 9.16. The summed E-state index contributed by atoms with van der Waals surface area (Å²) in [4.78, 5) is 21.2. The molecule has 10 heteroatoms. The zero-order valence-corrected chi connectivity index (χ0v) is 19.2. The first-order valence-corrected chi connectivity index (χ1v) is 11.5. The summed E-state index contributed by atoms with van der Waals surface area (Å²) in [5.74, 6) is -1.32. The summed E-state index contributed by atoms with van der Waals surface area (Å²) in [7, 11) is 0. The molecule has 3 N–H and O–H groups in total. The average Bonchev–Trinajstić information content (AvgIpc) is 3.47. The lowest BCUT2D eigenvalue weighted by molar-refractivity contribution is -0.250. The zero-order chi connectivity index (χ0) is 24.3. The normalized spacial score (nSPS) is 20.4. The van der Waals surface area contributed by atoms with E-state index in [4.69, 9.17) is 11.6 Å². The number of halogens is 4. The number of H-pyrrole nitrogens is 1. The summed E-state index contributed by atoms with van der Waals surface area (Å²) < 4.78 is 39.9. The Morgan fingerprint density at radius 2 is 2.06 bits per heavy atom. The van der Waals surface area contributed by atoms with Crippen LogP contribution in [-0.2, 0) is 17.8 Å². The summed E-state index contributed by atoms with van der Waals surface area (Å²) in [5.41, 5.74) is 1.88. The highest BCUT2D eigenvalue weighted by Crippen LogP contribution is 2.38. The second-order valence-corrected chi connectivity index (χ2v) is 9.56. The van der Waals surface area contributed by atoms with Crippen LogP contribution in [0, 0.1) is 0 Å². The van der Waals surface area contributed by atoms with E-state index in [2.05, 4.69) is 15.3 Å². The smallest absolute Gasteiger partial charge is 0.373 e. The molecule has 5 rings (SSSR count). The van der Waals surface area contributed by atoms with Gasteiger partial charge in [-0.3, -0.25) is 4.79 Å². The van der Waals surface area contributed by atoms with E-state index in [0.29, 0.717) is 24.0 Å². The topological polar surface area (TPSA) is 81.2 Å². The van der Waals surface area contributed by atoms with Gasteiger partial charge in [0.05, 0.1) is 5.02 Å². The van der Waals surface area contributed by atoms with Gasteiger partial charge in [0.15, 0.2) is 0 Å². The van der Waals surface area contributed by atoms with Gasteiger partial charge in [0.25, 0.3) is 5.91 Å². The number of carbonyl (C=O) groups is 1. The van der Waals surface area contributed by atoms with Gasteiger partial charge in [-0.15, -0.1) is 0 Å². The molecule has 2 unspecified atom stereocenters. The van der Waals surface area contributed by atoms with Gasteiger partial charge in [0, 0.05) is 42.5 Å². The number of carbonyl (C=O) groups excluding carboxylic acids is 1. The summed E-state index contributed by atoms with van der Waals surface area (Å²) in [6, 6.07) is 6.05. The number of nitrogens with one attached hydrogen (secondary N) is 2. The lowest BCUT2D eigenvalue weighted by Gasteiger charge is -2.36. The molecule has 0 aliphatic carbocycles. The molecule has 180 valence electrons. The van der Waals surface area contributed by atoms with Gasteiger partial charge in [-0.2, -0.15) is 13.2 Å². The summed E-state index contributed by atoms with van der Waals surface area (Å²) >= 11 is 6.28. The van der Waals surface area contributed by atoms with Gasteiger partial charge < -0.3 is 20.3 Å². The van der Waals surface area contributed by atoms with Crippen molar-refractivity contribution in [1.82, 2.24) is 20.2 Å². The molecule has 2 atom stereocenters. The maximum absolute atomic E-state index is 13.3. The highest BCUT2D eigenvalue weighted by atomic mass is 35.5. The van der Waals surface area contributed by atoms with Crippen molar-refractivity contribution in [3.63, 3.8) is 0 Å². The lowest BCUT2D eigenvalue weighted by atomic mass is 9.86. The molecule has 6 nitrogen and oxygen atoms in total. The molecule has 2 aliphatic rings. The number of benzene rings is 1.